The first kappa shape index (κ1) is 15.8. The number of benzene rings is 1. The van der Waals surface area contributed by atoms with E-state index in [1.54, 1.807) is 6.20 Å². The predicted octanol–water partition coefficient (Wildman–Crippen LogP) is 4.92. The van der Waals surface area contributed by atoms with Crippen LogP contribution in [0.1, 0.15) is 43.2 Å². The molecular formula is C17H21ClN2O. The summed E-state index contributed by atoms with van der Waals surface area (Å²) < 4.78 is 5.93. The van der Waals surface area contributed by atoms with Gasteiger partial charge in [-0.3, -0.25) is 0 Å². The van der Waals surface area contributed by atoms with Crippen LogP contribution in [0.5, 0.6) is 11.8 Å². The number of aromatic nitrogens is 2. The summed E-state index contributed by atoms with van der Waals surface area (Å²) in [5.41, 5.74) is 4.04. The summed E-state index contributed by atoms with van der Waals surface area (Å²) in [5.74, 6) is 1.21. The Balaban J connectivity index is 2.39. The average molecular weight is 305 g/mol. The van der Waals surface area contributed by atoms with Crippen molar-refractivity contribution in [1.82, 2.24) is 9.97 Å². The molecule has 1 heterocycles. The molecule has 4 heteroatoms. The third-order valence-electron chi connectivity index (χ3n) is 3.35. The molecule has 0 bridgehead atoms. The molecule has 112 valence electrons. The van der Waals surface area contributed by atoms with Gasteiger partial charge < -0.3 is 4.74 Å². The van der Waals surface area contributed by atoms with Crippen LogP contribution in [-0.2, 0) is 11.3 Å². The zero-order chi connectivity index (χ0) is 15.6. The standard InChI is InChI=1S/C17H21ClN2O/c1-11-6-7-14(17(3,4)5)15(8-11)21-16-19-10-13(9-18)12(2)20-16/h6-8,10H,9H2,1-5H3. The molecule has 2 rings (SSSR count). The SMILES string of the molecule is Cc1ccc(C(C)(C)C)c(Oc2ncc(CCl)c(C)n2)c1. The summed E-state index contributed by atoms with van der Waals surface area (Å²) in [6.45, 7) is 10.4. The third kappa shape index (κ3) is 3.73. The van der Waals surface area contributed by atoms with E-state index >= 15 is 0 Å². The molecule has 0 aliphatic carbocycles. The van der Waals surface area contributed by atoms with Gasteiger partial charge in [0.25, 0.3) is 0 Å². The minimum absolute atomic E-state index is 0.00580. The number of ether oxygens (including phenoxy) is 1. The molecule has 0 N–H and O–H groups in total. The van der Waals surface area contributed by atoms with Crippen molar-refractivity contribution in [3.8, 4) is 11.8 Å². The van der Waals surface area contributed by atoms with Gasteiger partial charge in [-0.1, -0.05) is 32.9 Å². The van der Waals surface area contributed by atoms with Crippen molar-refractivity contribution < 1.29 is 4.74 Å². The van der Waals surface area contributed by atoms with Gasteiger partial charge in [-0.05, 0) is 30.9 Å². The maximum atomic E-state index is 5.93. The van der Waals surface area contributed by atoms with Crippen molar-refractivity contribution >= 4 is 11.6 Å². The van der Waals surface area contributed by atoms with Crippen molar-refractivity contribution in [3.63, 3.8) is 0 Å². The number of rotatable bonds is 3. The normalized spacial score (nSPS) is 11.5. The second-order valence-electron chi connectivity index (χ2n) is 6.25. The van der Waals surface area contributed by atoms with E-state index in [-0.39, 0.29) is 5.41 Å². The molecule has 2 aromatic rings. The summed E-state index contributed by atoms with van der Waals surface area (Å²) >= 11 is 5.83. The molecule has 1 aromatic carbocycles. The highest BCUT2D eigenvalue weighted by Crippen LogP contribution is 2.34. The van der Waals surface area contributed by atoms with E-state index in [2.05, 4.69) is 42.9 Å². The van der Waals surface area contributed by atoms with E-state index in [1.165, 1.54) is 0 Å². The Morgan fingerprint density at radius 3 is 2.48 bits per heavy atom. The molecule has 0 unspecified atom stereocenters. The average Bonchev–Trinajstić information content (AvgIpc) is 2.37. The van der Waals surface area contributed by atoms with E-state index < -0.39 is 0 Å². The smallest absolute Gasteiger partial charge is 0.322 e. The van der Waals surface area contributed by atoms with E-state index in [9.17, 15) is 0 Å². The number of hydrogen-bond acceptors (Lipinski definition) is 3. The molecule has 0 atom stereocenters. The van der Waals surface area contributed by atoms with Crippen LogP contribution in [0, 0.1) is 13.8 Å². The summed E-state index contributed by atoms with van der Waals surface area (Å²) in [5, 5.41) is 0. The van der Waals surface area contributed by atoms with Gasteiger partial charge in [0.2, 0.25) is 0 Å². The highest BCUT2D eigenvalue weighted by Gasteiger charge is 2.20. The van der Waals surface area contributed by atoms with Crippen LogP contribution < -0.4 is 4.74 Å². The second kappa shape index (κ2) is 6.02. The summed E-state index contributed by atoms with van der Waals surface area (Å²) in [4.78, 5) is 8.62. The first-order chi connectivity index (χ1) is 9.81. The van der Waals surface area contributed by atoms with Gasteiger partial charge in [0, 0.05) is 23.0 Å². The van der Waals surface area contributed by atoms with Crippen molar-refractivity contribution in [2.75, 3.05) is 0 Å². The summed E-state index contributed by atoms with van der Waals surface area (Å²) in [7, 11) is 0. The molecule has 0 aliphatic rings. The highest BCUT2D eigenvalue weighted by molar-refractivity contribution is 6.17. The zero-order valence-electron chi connectivity index (χ0n) is 13.2. The Kier molecular flexibility index (Phi) is 4.52. The van der Waals surface area contributed by atoms with Gasteiger partial charge in [-0.25, -0.2) is 4.98 Å². The van der Waals surface area contributed by atoms with Gasteiger partial charge in [0.15, 0.2) is 0 Å². The molecule has 0 saturated carbocycles. The van der Waals surface area contributed by atoms with Crippen molar-refractivity contribution in [2.24, 2.45) is 0 Å². The monoisotopic (exact) mass is 304 g/mol. The van der Waals surface area contributed by atoms with Crippen LogP contribution in [0.25, 0.3) is 0 Å². The summed E-state index contributed by atoms with van der Waals surface area (Å²) in [6.07, 6.45) is 1.72. The van der Waals surface area contributed by atoms with Crippen molar-refractivity contribution in [3.05, 3.63) is 46.8 Å². The minimum Gasteiger partial charge on any atom is -0.424 e. The molecule has 3 nitrogen and oxygen atoms in total. The maximum absolute atomic E-state index is 5.93. The Bertz CT molecular complexity index is 648. The van der Waals surface area contributed by atoms with Gasteiger partial charge in [-0.2, -0.15) is 4.98 Å². The van der Waals surface area contributed by atoms with Crippen LogP contribution in [0.3, 0.4) is 0 Å². The van der Waals surface area contributed by atoms with Crippen molar-refractivity contribution in [2.45, 2.75) is 45.9 Å². The lowest BCUT2D eigenvalue weighted by Gasteiger charge is -2.22. The molecular weight excluding hydrogens is 284 g/mol. The first-order valence-corrected chi connectivity index (χ1v) is 7.52. The quantitative estimate of drug-likeness (QED) is 0.755. The van der Waals surface area contributed by atoms with Crippen molar-refractivity contribution in [1.29, 1.82) is 0 Å². The van der Waals surface area contributed by atoms with Gasteiger partial charge in [0.1, 0.15) is 5.75 Å². The Labute approximate surface area is 131 Å². The van der Waals surface area contributed by atoms with E-state index in [4.69, 9.17) is 16.3 Å². The van der Waals surface area contributed by atoms with E-state index in [0.717, 1.165) is 28.1 Å². The topological polar surface area (TPSA) is 35.0 Å². The Hall–Kier alpha value is -1.61. The molecule has 0 amide bonds. The Morgan fingerprint density at radius 1 is 1.19 bits per heavy atom. The molecule has 0 saturated heterocycles. The largest absolute Gasteiger partial charge is 0.424 e. The molecule has 0 fully saturated rings. The van der Waals surface area contributed by atoms with E-state index in [0.29, 0.717) is 11.9 Å². The molecule has 0 spiro atoms. The molecule has 21 heavy (non-hydrogen) atoms. The Morgan fingerprint density at radius 2 is 1.90 bits per heavy atom. The van der Waals surface area contributed by atoms with Gasteiger partial charge in [0.05, 0.1) is 5.88 Å². The van der Waals surface area contributed by atoms with Crippen LogP contribution >= 0.6 is 11.6 Å². The van der Waals surface area contributed by atoms with Crippen LogP contribution in [-0.4, -0.2) is 9.97 Å². The fourth-order valence-electron chi connectivity index (χ4n) is 2.08. The third-order valence-corrected chi connectivity index (χ3v) is 3.64. The van der Waals surface area contributed by atoms with E-state index in [1.807, 2.05) is 19.9 Å². The maximum Gasteiger partial charge on any atom is 0.322 e. The van der Waals surface area contributed by atoms with Crippen LogP contribution in [0.15, 0.2) is 24.4 Å². The van der Waals surface area contributed by atoms with Crippen LogP contribution in [0.4, 0.5) is 0 Å². The number of aryl methyl sites for hydroxylation is 2. The lowest BCUT2D eigenvalue weighted by molar-refractivity contribution is 0.420. The minimum atomic E-state index is -0.00580. The van der Waals surface area contributed by atoms with Crippen LogP contribution in [0.2, 0.25) is 0 Å². The fraction of sp³-hybridized carbons (Fsp3) is 0.412. The van der Waals surface area contributed by atoms with Gasteiger partial charge in [-0.15, -0.1) is 11.6 Å². The predicted molar refractivity (Wildman–Crippen MR) is 86.3 cm³/mol. The highest BCUT2D eigenvalue weighted by atomic mass is 35.5. The number of alkyl halides is 1. The fourth-order valence-corrected chi connectivity index (χ4v) is 2.35. The lowest BCUT2D eigenvalue weighted by atomic mass is 9.86. The second-order valence-corrected chi connectivity index (χ2v) is 6.52. The first-order valence-electron chi connectivity index (χ1n) is 6.98. The number of halogens is 1. The number of nitrogens with zero attached hydrogens (tertiary/aromatic N) is 2. The van der Waals surface area contributed by atoms with Gasteiger partial charge >= 0.3 is 6.01 Å². The zero-order valence-corrected chi connectivity index (χ0v) is 14.0. The molecule has 0 radical (unpaired) electrons. The molecule has 0 aliphatic heterocycles. The molecule has 1 aromatic heterocycles. The lowest BCUT2D eigenvalue weighted by Crippen LogP contribution is -2.13. The summed E-state index contributed by atoms with van der Waals surface area (Å²) in [6, 6.07) is 6.58. The number of hydrogen-bond donors (Lipinski definition) is 0.